The van der Waals surface area contributed by atoms with Crippen molar-refractivity contribution in [2.24, 2.45) is 0 Å². The quantitative estimate of drug-likeness (QED) is 0.362. The van der Waals surface area contributed by atoms with E-state index in [0.717, 1.165) is 39.5 Å². The first-order chi connectivity index (χ1) is 12.2. The molecule has 0 bridgehead atoms. The minimum absolute atomic E-state index is 0.673. The van der Waals surface area contributed by atoms with Crippen LogP contribution in [0.3, 0.4) is 0 Å². The molecule has 0 unspecified atom stereocenters. The molecule has 4 rings (SSSR count). The number of ether oxygens (including phenoxy) is 1. The number of benzene rings is 3. The summed E-state index contributed by atoms with van der Waals surface area (Å²) in [7, 11) is 0. The van der Waals surface area contributed by atoms with Crippen LogP contribution in [0.15, 0.2) is 66.7 Å². The van der Waals surface area contributed by atoms with Crippen molar-refractivity contribution >= 4 is 45.0 Å². The summed E-state index contributed by atoms with van der Waals surface area (Å²) in [5.41, 5.74) is 2.34. The lowest BCUT2D eigenvalue weighted by molar-refractivity contribution is 0.303. The summed E-state index contributed by atoms with van der Waals surface area (Å²) in [5, 5.41) is 3.74. The number of hydrogen-bond donors (Lipinski definition) is 0. The highest BCUT2D eigenvalue weighted by molar-refractivity contribution is 6.33. The van der Waals surface area contributed by atoms with Crippen LogP contribution in [0.5, 0.6) is 5.75 Å². The van der Waals surface area contributed by atoms with Crippen LogP contribution < -0.4 is 4.74 Å². The number of halogens is 2. The van der Waals surface area contributed by atoms with E-state index in [-0.39, 0.29) is 0 Å². The van der Waals surface area contributed by atoms with Crippen LogP contribution in [0, 0.1) is 0 Å². The zero-order valence-corrected chi connectivity index (χ0v) is 15.1. The number of fused-ring (bicyclic) bond motifs is 3. The third kappa shape index (κ3) is 3.33. The molecule has 0 saturated carbocycles. The van der Waals surface area contributed by atoms with Gasteiger partial charge >= 0.3 is 0 Å². The van der Waals surface area contributed by atoms with Gasteiger partial charge in [-0.1, -0.05) is 41.4 Å². The van der Waals surface area contributed by atoms with Crippen LogP contribution in [0.4, 0.5) is 0 Å². The second-order valence-electron chi connectivity index (χ2n) is 5.99. The van der Waals surface area contributed by atoms with Crippen molar-refractivity contribution in [1.29, 1.82) is 0 Å². The molecule has 4 aromatic rings. The molecule has 0 aliphatic rings. The lowest BCUT2D eigenvalue weighted by Crippen LogP contribution is -2.04. The van der Waals surface area contributed by atoms with E-state index in [4.69, 9.17) is 27.9 Å². The smallest absolute Gasteiger partial charge is 0.119 e. The van der Waals surface area contributed by atoms with E-state index in [1.165, 1.54) is 11.0 Å². The van der Waals surface area contributed by atoms with Crippen molar-refractivity contribution < 1.29 is 4.74 Å². The van der Waals surface area contributed by atoms with Gasteiger partial charge in [-0.2, -0.15) is 0 Å². The predicted molar refractivity (Wildman–Crippen MR) is 106 cm³/mol. The third-order valence-electron chi connectivity index (χ3n) is 4.33. The Balaban J connectivity index is 1.61. The van der Waals surface area contributed by atoms with Crippen molar-refractivity contribution in [3.8, 4) is 5.75 Å². The molecule has 0 N–H and O–H groups in total. The summed E-state index contributed by atoms with van der Waals surface area (Å²) in [4.78, 5) is 0. The molecule has 0 fully saturated rings. The molecule has 0 spiro atoms. The lowest BCUT2D eigenvalue weighted by atomic mass is 10.1. The number of aryl methyl sites for hydroxylation is 1. The summed E-state index contributed by atoms with van der Waals surface area (Å²) in [6.07, 6.45) is 0.916. The fourth-order valence-corrected chi connectivity index (χ4v) is 3.56. The van der Waals surface area contributed by atoms with Gasteiger partial charge < -0.3 is 9.30 Å². The summed E-state index contributed by atoms with van der Waals surface area (Å²) in [6.45, 7) is 1.54. The summed E-state index contributed by atoms with van der Waals surface area (Å²) < 4.78 is 8.12. The van der Waals surface area contributed by atoms with Gasteiger partial charge in [0.05, 0.1) is 6.61 Å². The Labute approximate surface area is 156 Å². The fraction of sp³-hybridized carbons (Fsp3) is 0.143. The first kappa shape index (κ1) is 16.3. The molecule has 126 valence electrons. The lowest BCUT2D eigenvalue weighted by Gasteiger charge is -2.09. The number of para-hydroxylation sites is 1. The van der Waals surface area contributed by atoms with E-state index in [0.29, 0.717) is 6.61 Å². The molecule has 4 heteroatoms. The highest BCUT2D eigenvalue weighted by atomic mass is 35.5. The van der Waals surface area contributed by atoms with Gasteiger partial charge in [-0.15, -0.1) is 0 Å². The van der Waals surface area contributed by atoms with Crippen LogP contribution in [-0.4, -0.2) is 11.2 Å². The van der Waals surface area contributed by atoms with Crippen molar-refractivity contribution in [2.45, 2.75) is 13.0 Å². The number of aromatic nitrogens is 1. The molecule has 1 heterocycles. The largest absolute Gasteiger partial charge is 0.494 e. The maximum Gasteiger partial charge on any atom is 0.119 e. The molecule has 0 amide bonds. The van der Waals surface area contributed by atoms with Gasteiger partial charge in [-0.05, 0) is 55.0 Å². The van der Waals surface area contributed by atoms with Gasteiger partial charge in [0.15, 0.2) is 0 Å². The van der Waals surface area contributed by atoms with Gasteiger partial charge in [0.2, 0.25) is 0 Å². The Kier molecular flexibility index (Phi) is 4.56. The molecule has 0 radical (unpaired) electrons. The van der Waals surface area contributed by atoms with E-state index in [1.54, 1.807) is 0 Å². The van der Waals surface area contributed by atoms with Crippen LogP contribution >= 0.6 is 23.2 Å². The SMILES string of the molecule is Clc1ccc2c(c1)c1cc(Cl)ccc1n2CCCOc1ccccc1. The second kappa shape index (κ2) is 6.99. The Morgan fingerprint density at radius 2 is 1.36 bits per heavy atom. The maximum absolute atomic E-state index is 6.20. The number of nitrogens with zero attached hydrogens (tertiary/aromatic N) is 1. The van der Waals surface area contributed by atoms with Crippen LogP contribution in [0.2, 0.25) is 10.0 Å². The number of rotatable bonds is 5. The molecule has 0 atom stereocenters. The molecular formula is C21H17Cl2NO. The van der Waals surface area contributed by atoms with Crippen LogP contribution in [0.25, 0.3) is 21.8 Å². The van der Waals surface area contributed by atoms with Crippen LogP contribution in [0.1, 0.15) is 6.42 Å². The van der Waals surface area contributed by atoms with Gasteiger partial charge in [-0.25, -0.2) is 0 Å². The van der Waals surface area contributed by atoms with Gasteiger partial charge in [0.25, 0.3) is 0 Å². The predicted octanol–water partition coefficient (Wildman–Crippen LogP) is 6.57. The van der Waals surface area contributed by atoms with Gasteiger partial charge in [0, 0.05) is 38.4 Å². The monoisotopic (exact) mass is 369 g/mol. The maximum atomic E-state index is 6.20. The van der Waals surface area contributed by atoms with E-state index in [1.807, 2.05) is 54.6 Å². The topological polar surface area (TPSA) is 14.2 Å². The molecule has 25 heavy (non-hydrogen) atoms. The fourth-order valence-electron chi connectivity index (χ4n) is 3.22. The molecule has 0 saturated heterocycles. The molecule has 0 aliphatic heterocycles. The van der Waals surface area contributed by atoms with E-state index < -0.39 is 0 Å². The molecule has 3 aromatic carbocycles. The standard InChI is InChI=1S/C21H17Cl2NO/c22-15-7-9-20-18(13-15)19-14-16(23)8-10-21(19)24(20)11-4-12-25-17-5-2-1-3-6-17/h1-3,5-10,13-14H,4,11-12H2. The minimum Gasteiger partial charge on any atom is -0.494 e. The van der Waals surface area contributed by atoms with Crippen molar-refractivity contribution in [3.05, 3.63) is 76.8 Å². The summed E-state index contributed by atoms with van der Waals surface area (Å²) in [6, 6.07) is 21.9. The highest BCUT2D eigenvalue weighted by Gasteiger charge is 2.11. The van der Waals surface area contributed by atoms with Gasteiger partial charge in [0.1, 0.15) is 5.75 Å². The highest BCUT2D eigenvalue weighted by Crippen LogP contribution is 2.33. The Morgan fingerprint density at radius 3 is 1.96 bits per heavy atom. The molecule has 2 nitrogen and oxygen atoms in total. The first-order valence-corrected chi connectivity index (χ1v) is 9.03. The summed E-state index contributed by atoms with van der Waals surface area (Å²) >= 11 is 12.4. The van der Waals surface area contributed by atoms with Gasteiger partial charge in [-0.3, -0.25) is 0 Å². The van der Waals surface area contributed by atoms with E-state index in [9.17, 15) is 0 Å². The Morgan fingerprint density at radius 1 is 0.760 bits per heavy atom. The molecular weight excluding hydrogens is 353 g/mol. The third-order valence-corrected chi connectivity index (χ3v) is 4.80. The zero-order chi connectivity index (χ0) is 17.2. The van der Waals surface area contributed by atoms with Crippen molar-refractivity contribution in [3.63, 3.8) is 0 Å². The van der Waals surface area contributed by atoms with Crippen molar-refractivity contribution in [2.75, 3.05) is 6.61 Å². The minimum atomic E-state index is 0.673. The first-order valence-electron chi connectivity index (χ1n) is 8.27. The zero-order valence-electron chi connectivity index (χ0n) is 13.6. The molecule has 0 aliphatic carbocycles. The second-order valence-corrected chi connectivity index (χ2v) is 6.86. The van der Waals surface area contributed by atoms with E-state index in [2.05, 4.69) is 16.7 Å². The Bertz CT molecular complexity index is 965. The van der Waals surface area contributed by atoms with Crippen LogP contribution in [-0.2, 0) is 6.54 Å². The average Bonchev–Trinajstić information content (AvgIpc) is 2.92. The van der Waals surface area contributed by atoms with Crippen molar-refractivity contribution in [1.82, 2.24) is 4.57 Å². The van der Waals surface area contributed by atoms with E-state index >= 15 is 0 Å². The normalized spacial score (nSPS) is 11.3. The Hall–Kier alpha value is -2.16. The summed E-state index contributed by atoms with van der Waals surface area (Å²) in [5.74, 6) is 0.906. The molecule has 1 aromatic heterocycles. The number of hydrogen-bond acceptors (Lipinski definition) is 1. The average molecular weight is 370 g/mol.